The molecule has 2 atom stereocenters. The first kappa shape index (κ1) is 18.8. The average Bonchev–Trinajstić information content (AvgIpc) is 2.61. The van der Waals surface area contributed by atoms with Crippen molar-refractivity contribution in [2.45, 2.75) is 39.0 Å². The predicted octanol–water partition coefficient (Wildman–Crippen LogP) is 4.79. The van der Waals surface area contributed by atoms with Crippen LogP contribution in [0.5, 0.6) is 0 Å². The molecule has 2 rings (SSSR count). The highest BCUT2D eigenvalue weighted by atomic mass is 79.9. The fourth-order valence-corrected chi connectivity index (χ4v) is 2.81. The predicted molar refractivity (Wildman–Crippen MR) is 104 cm³/mol. The van der Waals surface area contributed by atoms with Gasteiger partial charge in [-0.05, 0) is 36.6 Å². The summed E-state index contributed by atoms with van der Waals surface area (Å²) in [7, 11) is 0. The second-order valence-electron chi connectivity index (χ2n) is 5.88. The highest BCUT2D eigenvalue weighted by Gasteiger charge is 2.16. The normalized spacial score (nSPS) is 13.5. The lowest BCUT2D eigenvalue weighted by Gasteiger charge is -2.24. The van der Waals surface area contributed by atoms with Gasteiger partial charge in [0, 0.05) is 17.1 Å². The summed E-state index contributed by atoms with van der Waals surface area (Å²) in [6.07, 6.45) is 1.05. The molecule has 0 radical (unpaired) electrons. The Morgan fingerprint density at radius 3 is 2.42 bits per heavy atom. The highest BCUT2D eigenvalue weighted by Crippen LogP contribution is 2.12. The minimum atomic E-state index is 0.0907. The lowest BCUT2D eigenvalue weighted by atomic mass is 10.1. The summed E-state index contributed by atoms with van der Waals surface area (Å²) < 4.78 is 7.02. The van der Waals surface area contributed by atoms with E-state index in [0.717, 1.165) is 16.5 Å². The fraction of sp³-hybridized carbons (Fsp3) is 0.350. The van der Waals surface area contributed by atoms with Gasteiger partial charge in [-0.2, -0.15) is 0 Å². The molecule has 0 aliphatic carbocycles. The molecule has 24 heavy (non-hydrogen) atoms. The quantitative estimate of drug-likeness (QED) is 0.606. The number of hydrogen-bond donors (Lipinski definition) is 2. The molecule has 0 aromatic heterocycles. The maximum absolute atomic E-state index is 8.23. The molecule has 0 amide bonds. The molecule has 0 aliphatic rings. The van der Waals surface area contributed by atoms with Crippen molar-refractivity contribution < 1.29 is 4.74 Å². The third-order valence-corrected chi connectivity index (χ3v) is 4.62. The third-order valence-electron chi connectivity index (χ3n) is 4.10. The number of benzene rings is 2. The number of hydrogen-bond acceptors (Lipinski definition) is 3. The van der Waals surface area contributed by atoms with Crippen LogP contribution >= 0.6 is 15.9 Å². The zero-order valence-electron chi connectivity index (χ0n) is 14.3. The third kappa shape index (κ3) is 5.86. The van der Waals surface area contributed by atoms with E-state index in [-0.39, 0.29) is 12.1 Å². The highest BCUT2D eigenvalue weighted by molar-refractivity contribution is 9.10. The van der Waals surface area contributed by atoms with Gasteiger partial charge < -0.3 is 15.5 Å². The number of halogens is 1. The van der Waals surface area contributed by atoms with Crippen LogP contribution in [-0.2, 0) is 11.3 Å². The van der Waals surface area contributed by atoms with Crippen molar-refractivity contribution in [3.63, 3.8) is 0 Å². The van der Waals surface area contributed by atoms with Crippen LogP contribution in [0.2, 0.25) is 0 Å². The standard InChI is InChI=1S/C20H25BrN2O/c1-3-20(15(2)24-14-16-7-5-4-6-8-16)23-13-19(22)17-9-11-18(21)12-10-17/h4-12,15,20,22-23H,3,13-14H2,1-2H3/t15-,20-/m0/s1. The smallest absolute Gasteiger partial charge is 0.0721 e. The molecule has 0 unspecified atom stereocenters. The van der Waals surface area contributed by atoms with Crippen molar-refractivity contribution in [2.75, 3.05) is 6.54 Å². The van der Waals surface area contributed by atoms with Crippen molar-refractivity contribution in [3.8, 4) is 0 Å². The van der Waals surface area contributed by atoms with Crippen molar-refractivity contribution in [1.29, 1.82) is 5.41 Å². The van der Waals surface area contributed by atoms with Crippen molar-refractivity contribution in [2.24, 2.45) is 0 Å². The molecule has 0 saturated carbocycles. The van der Waals surface area contributed by atoms with E-state index in [1.807, 2.05) is 42.5 Å². The fourth-order valence-electron chi connectivity index (χ4n) is 2.55. The van der Waals surface area contributed by atoms with Crippen LogP contribution in [0.25, 0.3) is 0 Å². The molecule has 2 aromatic carbocycles. The van der Waals surface area contributed by atoms with Gasteiger partial charge in [-0.15, -0.1) is 0 Å². The van der Waals surface area contributed by atoms with Crippen LogP contribution in [-0.4, -0.2) is 24.4 Å². The molecule has 0 spiro atoms. The van der Waals surface area contributed by atoms with E-state index in [1.165, 1.54) is 5.56 Å². The second-order valence-corrected chi connectivity index (χ2v) is 6.80. The van der Waals surface area contributed by atoms with Crippen LogP contribution < -0.4 is 5.32 Å². The van der Waals surface area contributed by atoms with Gasteiger partial charge in [-0.3, -0.25) is 0 Å². The maximum Gasteiger partial charge on any atom is 0.0721 e. The summed E-state index contributed by atoms with van der Waals surface area (Å²) >= 11 is 3.42. The average molecular weight is 389 g/mol. The molecule has 0 heterocycles. The molecule has 0 aliphatic heterocycles. The molecule has 128 valence electrons. The number of rotatable bonds is 9. The summed E-state index contributed by atoms with van der Waals surface area (Å²) in [5.41, 5.74) is 2.72. The zero-order valence-corrected chi connectivity index (χ0v) is 15.8. The lowest BCUT2D eigenvalue weighted by molar-refractivity contribution is 0.0272. The van der Waals surface area contributed by atoms with Gasteiger partial charge in [-0.25, -0.2) is 0 Å². The molecule has 2 N–H and O–H groups in total. The van der Waals surface area contributed by atoms with Crippen LogP contribution in [0, 0.1) is 5.41 Å². The first-order valence-corrected chi connectivity index (χ1v) is 9.11. The Balaban J connectivity index is 1.82. The maximum atomic E-state index is 8.23. The minimum absolute atomic E-state index is 0.0907. The summed E-state index contributed by atoms with van der Waals surface area (Å²) in [5.74, 6) is 0. The Kier molecular flexibility index (Phi) is 7.63. The van der Waals surface area contributed by atoms with E-state index < -0.39 is 0 Å². The van der Waals surface area contributed by atoms with Gasteiger partial charge in [0.15, 0.2) is 0 Å². The second kappa shape index (κ2) is 9.72. The molecular formula is C20H25BrN2O. The van der Waals surface area contributed by atoms with Gasteiger partial charge in [0.05, 0.1) is 18.4 Å². The number of ether oxygens (including phenoxy) is 1. The molecular weight excluding hydrogens is 364 g/mol. The van der Waals surface area contributed by atoms with Crippen molar-refractivity contribution in [3.05, 3.63) is 70.2 Å². The molecule has 2 aromatic rings. The Labute approximate surface area is 153 Å². The minimum Gasteiger partial charge on any atom is -0.372 e. The summed E-state index contributed by atoms with van der Waals surface area (Å²) in [6, 6.07) is 18.3. The van der Waals surface area contributed by atoms with Crippen LogP contribution in [0.4, 0.5) is 0 Å². The van der Waals surface area contributed by atoms with Crippen LogP contribution in [0.3, 0.4) is 0 Å². The summed E-state index contributed by atoms with van der Waals surface area (Å²) in [5, 5.41) is 11.7. The first-order valence-electron chi connectivity index (χ1n) is 8.32. The van der Waals surface area contributed by atoms with E-state index in [4.69, 9.17) is 10.1 Å². The summed E-state index contributed by atoms with van der Waals surface area (Å²) in [6.45, 7) is 5.39. The van der Waals surface area contributed by atoms with E-state index in [2.05, 4.69) is 47.2 Å². The molecule has 4 heteroatoms. The monoisotopic (exact) mass is 388 g/mol. The van der Waals surface area contributed by atoms with E-state index in [0.29, 0.717) is 18.9 Å². The van der Waals surface area contributed by atoms with Gasteiger partial charge in [0.1, 0.15) is 0 Å². The van der Waals surface area contributed by atoms with Crippen molar-refractivity contribution in [1.82, 2.24) is 5.32 Å². The molecule has 0 bridgehead atoms. The first-order chi connectivity index (χ1) is 11.6. The van der Waals surface area contributed by atoms with E-state index in [9.17, 15) is 0 Å². The number of nitrogens with one attached hydrogen (secondary N) is 2. The summed E-state index contributed by atoms with van der Waals surface area (Å²) in [4.78, 5) is 0. The van der Waals surface area contributed by atoms with E-state index in [1.54, 1.807) is 0 Å². The Bertz CT molecular complexity index is 628. The molecule has 3 nitrogen and oxygen atoms in total. The van der Waals surface area contributed by atoms with E-state index >= 15 is 0 Å². The van der Waals surface area contributed by atoms with Crippen molar-refractivity contribution >= 4 is 21.6 Å². The molecule has 0 saturated heterocycles. The zero-order chi connectivity index (χ0) is 17.4. The Morgan fingerprint density at radius 1 is 1.12 bits per heavy atom. The molecule has 0 fully saturated rings. The largest absolute Gasteiger partial charge is 0.372 e. The topological polar surface area (TPSA) is 45.1 Å². The Morgan fingerprint density at radius 2 is 1.79 bits per heavy atom. The SMILES string of the molecule is CC[C@H](NCC(=N)c1ccc(Br)cc1)[C@H](C)OCc1ccccc1. The lowest BCUT2D eigenvalue weighted by Crippen LogP contribution is -2.41. The van der Waals surface area contributed by atoms with Gasteiger partial charge in [-0.1, -0.05) is 65.3 Å². The van der Waals surface area contributed by atoms with Gasteiger partial charge in [0.2, 0.25) is 0 Å². The van der Waals surface area contributed by atoms with Crippen LogP contribution in [0.15, 0.2) is 59.1 Å². The van der Waals surface area contributed by atoms with Crippen LogP contribution in [0.1, 0.15) is 31.4 Å². The van der Waals surface area contributed by atoms with Gasteiger partial charge >= 0.3 is 0 Å². The Hall–Kier alpha value is -1.49. The van der Waals surface area contributed by atoms with Gasteiger partial charge in [0.25, 0.3) is 0 Å².